The first-order valence-corrected chi connectivity index (χ1v) is 8.40. The van der Waals surface area contributed by atoms with Crippen LogP contribution in [-0.2, 0) is 19.0 Å². The Bertz CT molecular complexity index is 629. The summed E-state index contributed by atoms with van der Waals surface area (Å²) < 4.78 is 68.7. The zero-order valence-electron chi connectivity index (χ0n) is 12.9. The van der Waals surface area contributed by atoms with Gasteiger partial charge < -0.3 is 8.92 Å². The van der Waals surface area contributed by atoms with Gasteiger partial charge in [0.2, 0.25) is 0 Å². The third kappa shape index (κ3) is 3.91. The number of carbonyl (C=O) groups excluding carboxylic acids is 1. The minimum Gasteiger partial charge on any atom is -0.444 e. The molecule has 0 bridgehead atoms. The number of hydrogen-bond donors (Lipinski definition) is 0. The summed E-state index contributed by atoms with van der Waals surface area (Å²) in [6.45, 7) is 5.15. The Morgan fingerprint density at radius 1 is 1.26 bits per heavy atom. The number of ether oxygens (including phenoxy) is 1. The van der Waals surface area contributed by atoms with Crippen molar-refractivity contribution in [1.82, 2.24) is 4.90 Å². The second-order valence-electron chi connectivity index (χ2n) is 6.58. The molecule has 0 N–H and O–H groups in total. The molecule has 1 aliphatic heterocycles. The third-order valence-electron chi connectivity index (χ3n) is 3.43. The Labute approximate surface area is 132 Å². The molecule has 6 nitrogen and oxygen atoms in total. The second-order valence-corrected chi connectivity index (χ2v) is 8.12. The minimum atomic E-state index is -5.69. The van der Waals surface area contributed by atoms with Gasteiger partial charge in [-0.05, 0) is 39.7 Å². The van der Waals surface area contributed by atoms with Crippen LogP contribution in [0.4, 0.5) is 18.0 Å². The van der Waals surface area contributed by atoms with Crippen molar-refractivity contribution in [3.63, 3.8) is 0 Å². The lowest BCUT2D eigenvalue weighted by molar-refractivity contribution is -0.0527. The molecule has 1 fully saturated rings. The monoisotopic (exact) mass is 357 g/mol. The first kappa shape index (κ1) is 17.9. The van der Waals surface area contributed by atoms with Crippen LogP contribution in [0, 0.1) is 0 Å². The Hall–Kier alpha value is -1.45. The van der Waals surface area contributed by atoms with Gasteiger partial charge in [-0.3, -0.25) is 4.90 Å². The molecule has 1 amide bonds. The molecule has 0 atom stereocenters. The van der Waals surface area contributed by atoms with Crippen LogP contribution in [0.25, 0.3) is 0 Å². The first-order valence-electron chi connectivity index (χ1n) is 6.99. The molecule has 0 aromatic heterocycles. The summed E-state index contributed by atoms with van der Waals surface area (Å²) in [4.78, 5) is 13.6. The van der Waals surface area contributed by atoms with Gasteiger partial charge in [-0.15, -0.1) is 0 Å². The molecule has 1 saturated carbocycles. The minimum absolute atomic E-state index is 0.0358. The summed E-state index contributed by atoms with van der Waals surface area (Å²) in [6, 6.07) is 0. The van der Waals surface area contributed by atoms with Crippen molar-refractivity contribution in [3.8, 4) is 0 Å². The van der Waals surface area contributed by atoms with Gasteiger partial charge in [-0.2, -0.15) is 21.6 Å². The van der Waals surface area contributed by atoms with Crippen LogP contribution in [0.2, 0.25) is 0 Å². The molecule has 132 valence electrons. The number of hydrogen-bond acceptors (Lipinski definition) is 5. The van der Waals surface area contributed by atoms with E-state index in [0.717, 1.165) is 0 Å². The highest BCUT2D eigenvalue weighted by atomic mass is 32.2. The van der Waals surface area contributed by atoms with Crippen molar-refractivity contribution in [1.29, 1.82) is 0 Å². The van der Waals surface area contributed by atoms with Gasteiger partial charge in [0.15, 0.2) is 0 Å². The summed E-state index contributed by atoms with van der Waals surface area (Å²) in [6.07, 6.45) is 1.61. The summed E-state index contributed by atoms with van der Waals surface area (Å²) in [5, 5.41) is 0. The molecule has 1 aliphatic carbocycles. The van der Waals surface area contributed by atoms with Crippen LogP contribution in [-0.4, -0.2) is 42.6 Å². The van der Waals surface area contributed by atoms with Gasteiger partial charge in [0, 0.05) is 13.0 Å². The molecular weight excluding hydrogens is 339 g/mol. The zero-order chi connectivity index (χ0) is 17.7. The predicted octanol–water partition coefficient (Wildman–Crippen LogP) is 2.91. The molecule has 2 rings (SSSR count). The predicted molar refractivity (Wildman–Crippen MR) is 73.7 cm³/mol. The molecule has 2 aliphatic rings. The average Bonchev–Trinajstić information content (AvgIpc) is 3.04. The Kier molecular flexibility index (Phi) is 4.11. The van der Waals surface area contributed by atoms with E-state index in [1.165, 1.54) is 11.0 Å². The maximum atomic E-state index is 12.4. The van der Waals surface area contributed by atoms with E-state index >= 15 is 0 Å². The van der Waals surface area contributed by atoms with E-state index in [4.69, 9.17) is 4.74 Å². The maximum absolute atomic E-state index is 12.4. The topological polar surface area (TPSA) is 72.9 Å². The fourth-order valence-electron chi connectivity index (χ4n) is 2.28. The van der Waals surface area contributed by atoms with Crippen molar-refractivity contribution < 1.29 is 35.3 Å². The van der Waals surface area contributed by atoms with Crippen LogP contribution in [0.3, 0.4) is 0 Å². The van der Waals surface area contributed by atoms with Crippen molar-refractivity contribution in [3.05, 3.63) is 11.8 Å². The standard InChI is InChI=1S/C13H18F3NO5S/c1-11(2,3)21-10(18)17-7-4-9(8-12(17)5-6-12)22-23(19,20)13(14,15)16/h8H,4-7H2,1-3H3. The number of carbonyl (C=O) groups is 1. The molecule has 0 aromatic carbocycles. The van der Waals surface area contributed by atoms with Gasteiger partial charge in [0.05, 0.1) is 5.54 Å². The van der Waals surface area contributed by atoms with Crippen molar-refractivity contribution >= 4 is 16.2 Å². The average molecular weight is 357 g/mol. The highest BCUT2D eigenvalue weighted by Crippen LogP contribution is 2.47. The van der Waals surface area contributed by atoms with E-state index < -0.39 is 32.9 Å². The lowest BCUT2D eigenvalue weighted by atomic mass is 10.1. The number of alkyl halides is 3. The largest absolute Gasteiger partial charge is 0.534 e. The van der Waals surface area contributed by atoms with Crippen LogP contribution in [0.1, 0.15) is 40.0 Å². The fraction of sp³-hybridized carbons (Fsp3) is 0.769. The molecule has 23 heavy (non-hydrogen) atoms. The Balaban J connectivity index is 2.14. The van der Waals surface area contributed by atoms with Gasteiger partial charge in [-0.1, -0.05) is 0 Å². The van der Waals surface area contributed by atoms with E-state index in [2.05, 4.69) is 4.18 Å². The molecule has 0 radical (unpaired) electrons. The third-order valence-corrected chi connectivity index (χ3v) is 4.43. The zero-order valence-corrected chi connectivity index (χ0v) is 13.8. The lowest BCUT2D eigenvalue weighted by Gasteiger charge is -2.35. The first-order chi connectivity index (χ1) is 10.3. The van der Waals surface area contributed by atoms with Gasteiger partial charge in [-0.25, -0.2) is 4.79 Å². The van der Waals surface area contributed by atoms with Gasteiger partial charge in [0.25, 0.3) is 0 Å². The summed E-state index contributed by atoms with van der Waals surface area (Å²) >= 11 is 0. The van der Waals surface area contributed by atoms with Crippen molar-refractivity contribution in [2.45, 2.75) is 56.7 Å². The van der Waals surface area contributed by atoms with E-state index in [1.54, 1.807) is 20.8 Å². The molecule has 1 spiro atoms. The van der Waals surface area contributed by atoms with E-state index in [0.29, 0.717) is 12.8 Å². The quantitative estimate of drug-likeness (QED) is 0.561. The Morgan fingerprint density at radius 2 is 1.83 bits per heavy atom. The van der Waals surface area contributed by atoms with Crippen molar-refractivity contribution in [2.75, 3.05) is 6.54 Å². The normalized spacial score (nSPS) is 21.0. The van der Waals surface area contributed by atoms with Gasteiger partial charge >= 0.3 is 21.7 Å². The van der Waals surface area contributed by atoms with Gasteiger partial charge in [0.1, 0.15) is 11.4 Å². The highest BCUT2D eigenvalue weighted by molar-refractivity contribution is 7.87. The maximum Gasteiger partial charge on any atom is 0.534 e. The fourth-order valence-corrected chi connectivity index (χ4v) is 2.79. The van der Waals surface area contributed by atoms with Crippen molar-refractivity contribution in [2.24, 2.45) is 0 Å². The van der Waals surface area contributed by atoms with E-state index in [-0.39, 0.29) is 18.7 Å². The van der Waals surface area contributed by atoms with Crippen LogP contribution in [0.5, 0.6) is 0 Å². The number of rotatable bonds is 2. The SMILES string of the molecule is CC(C)(C)OC(=O)N1CCC(OS(=O)(=O)C(F)(F)F)=CC12CC2. The molecular formula is C13H18F3NO5S. The van der Waals surface area contributed by atoms with E-state index in [9.17, 15) is 26.4 Å². The molecule has 1 heterocycles. The van der Waals surface area contributed by atoms with Crippen LogP contribution in [0.15, 0.2) is 11.8 Å². The van der Waals surface area contributed by atoms with E-state index in [1.807, 2.05) is 0 Å². The number of nitrogens with zero attached hydrogens (tertiary/aromatic N) is 1. The lowest BCUT2D eigenvalue weighted by Crippen LogP contribution is -2.47. The summed E-state index contributed by atoms with van der Waals surface area (Å²) in [7, 11) is -5.69. The Morgan fingerprint density at radius 3 is 2.26 bits per heavy atom. The highest BCUT2D eigenvalue weighted by Gasteiger charge is 2.54. The smallest absolute Gasteiger partial charge is 0.444 e. The number of halogens is 3. The molecule has 10 heteroatoms. The number of amides is 1. The molecule has 0 saturated heterocycles. The summed E-state index contributed by atoms with van der Waals surface area (Å²) in [5.74, 6) is -0.292. The van der Waals surface area contributed by atoms with Crippen LogP contribution >= 0.6 is 0 Å². The molecule has 0 aromatic rings. The molecule has 0 unspecified atom stereocenters. The van der Waals surface area contributed by atoms with Crippen LogP contribution < -0.4 is 0 Å². The second kappa shape index (κ2) is 5.29. The summed E-state index contributed by atoms with van der Waals surface area (Å²) in [5.41, 5.74) is -6.99.